The number of amides is 3. The van der Waals surface area contributed by atoms with E-state index in [2.05, 4.69) is 10.7 Å². The van der Waals surface area contributed by atoms with Crippen molar-refractivity contribution in [1.29, 1.82) is 0 Å². The second-order valence-corrected chi connectivity index (χ2v) is 6.90. The molecule has 9 heteroatoms. The largest absolute Gasteiger partial charge is 0.497 e. The summed E-state index contributed by atoms with van der Waals surface area (Å²) in [5, 5.41) is 4.20. The molecule has 1 fully saturated rings. The smallest absolute Gasteiger partial charge is 0.269 e. The number of carbonyl (C=O) groups excluding carboxylic acids is 3. The number of methoxy groups -OCH3 is 1. The second kappa shape index (κ2) is 9.36. The average molecular weight is 426 g/mol. The molecule has 1 atom stereocenters. The first-order valence-electron chi connectivity index (χ1n) is 9.39. The summed E-state index contributed by atoms with van der Waals surface area (Å²) in [6, 6.07) is 14.5. The number of rotatable bonds is 7. The van der Waals surface area contributed by atoms with Crippen LogP contribution in [-0.4, -0.2) is 52.4 Å². The number of benzene rings is 2. The molecule has 1 aliphatic rings. The molecule has 3 amide bonds. The third kappa shape index (κ3) is 4.57. The van der Waals surface area contributed by atoms with Gasteiger partial charge in [0.2, 0.25) is 5.91 Å². The highest BCUT2D eigenvalue weighted by molar-refractivity contribution is 7.80. The van der Waals surface area contributed by atoms with Crippen LogP contribution >= 0.6 is 12.2 Å². The lowest BCUT2D eigenvalue weighted by Gasteiger charge is -2.24. The number of hydrazine groups is 1. The molecule has 30 heavy (non-hydrogen) atoms. The summed E-state index contributed by atoms with van der Waals surface area (Å²) in [5.74, 6) is -0.457. The number of anilines is 1. The normalized spacial score (nSPS) is 15.9. The van der Waals surface area contributed by atoms with Crippen molar-refractivity contribution in [1.82, 2.24) is 15.3 Å². The van der Waals surface area contributed by atoms with E-state index < -0.39 is 11.9 Å². The molecule has 0 aliphatic carbocycles. The van der Waals surface area contributed by atoms with Crippen molar-refractivity contribution in [2.75, 3.05) is 19.0 Å². The summed E-state index contributed by atoms with van der Waals surface area (Å²) >= 11 is 5.36. The Labute approximate surface area is 179 Å². The van der Waals surface area contributed by atoms with Crippen LogP contribution in [0.15, 0.2) is 54.6 Å². The van der Waals surface area contributed by atoms with Crippen LogP contribution in [0, 0.1) is 0 Å². The van der Waals surface area contributed by atoms with Crippen molar-refractivity contribution >= 4 is 40.7 Å². The number of carbonyl (C=O) groups is 3. The molecular weight excluding hydrogens is 404 g/mol. The van der Waals surface area contributed by atoms with Crippen LogP contribution in [0.5, 0.6) is 5.75 Å². The fourth-order valence-electron chi connectivity index (χ4n) is 3.07. The van der Waals surface area contributed by atoms with Crippen molar-refractivity contribution in [2.24, 2.45) is 0 Å². The fourth-order valence-corrected chi connectivity index (χ4v) is 3.46. The van der Waals surface area contributed by atoms with Gasteiger partial charge in [-0.1, -0.05) is 18.2 Å². The standard InChI is InChI=1S/C21H22N4O4S/c1-3-24-20(28)17(13-18(26)22-15-9-11-16(29-2)12-10-15)25(21(24)30)23-19(27)14-7-5-4-6-8-14/h4-12,17H,3,13H2,1-2H3,(H,22,26)(H,23,27). The minimum Gasteiger partial charge on any atom is -0.497 e. The van der Waals surface area contributed by atoms with Crippen LogP contribution in [-0.2, 0) is 9.59 Å². The minimum atomic E-state index is -0.927. The number of nitrogens with zero attached hydrogens (tertiary/aromatic N) is 2. The van der Waals surface area contributed by atoms with Crippen molar-refractivity contribution in [3.63, 3.8) is 0 Å². The SMILES string of the molecule is CCN1C(=O)C(CC(=O)Nc2ccc(OC)cc2)N(NC(=O)c2ccccc2)C1=S. The number of hydrogen-bond acceptors (Lipinski definition) is 5. The Morgan fingerprint density at radius 3 is 2.37 bits per heavy atom. The predicted molar refractivity (Wildman–Crippen MR) is 116 cm³/mol. The third-order valence-electron chi connectivity index (χ3n) is 4.63. The molecule has 2 aromatic carbocycles. The quantitative estimate of drug-likeness (QED) is 0.660. The van der Waals surface area contributed by atoms with Crippen molar-refractivity contribution in [3.05, 3.63) is 60.2 Å². The van der Waals surface area contributed by atoms with E-state index in [1.807, 2.05) is 0 Å². The maximum atomic E-state index is 12.8. The molecule has 0 bridgehead atoms. The molecule has 156 valence electrons. The van der Waals surface area contributed by atoms with Crippen LogP contribution in [0.1, 0.15) is 23.7 Å². The Morgan fingerprint density at radius 1 is 1.10 bits per heavy atom. The number of nitrogens with one attached hydrogen (secondary N) is 2. The van der Waals surface area contributed by atoms with Gasteiger partial charge in [-0.15, -0.1) is 0 Å². The van der Waals surface area contributed by atoms with Gasteiger partial charge < -0.3 is 10.1 Å². The van der Waals surface area contributed by atoms with Gasteiger partial charge in [0.25, 0.3) is 11.8 Å². The summed E-state index contributed by atoms with van der Waals surface area (Å²) < 4.78 is 5.10. The van der Waals surface area contributed by atoms with E-state index in [0.717, 1.165) is 0 Å². The topological polar surface area (TPSA) is 91.0 Å². The monoisotopic (exact) mass is 426 g/mol. The zero-order valence-electron chi connectivity index (χ0n) is 16.6. The average Bonchev–Trinajstić information content (AvgIpc) is 2.98. The van der Waals surface area contributed by atoms with E-state index in [0.29, 0.717) is 23.5 Å². The highest BCUT2D eigenvalue weighted by atomic mass is 32.1. The van der Waals surface area contributed by atoms with Gasteiger partial charge in [0.05, 0.1) is 13.5 Å². The van der Waals surface area contributed by atoms with E-state index in [9.17, 15) is 14.4 Å². The highest BCUT2D eigenvalue weighted by Gasteiger charge is 2.43. The molecule has 0 radical (unpaired) electrons. The molecule has 1 unspecified atom stereocenters. The summed E-state index contributed by atoms with van der Waals surface area (Å²) in [6.07, 6.45) is -0.170. The first-order chi connectivity index (χ1) is 14.4. The molecule has 1 heterocycles. The molecule has 2 N–H and O–H groups in total. The summed E-state index contributed by atoms with van der Waals surface area (Å²) in [6.45, 7) is 2.12. The maximum Gasteiger partial charge on any atom is 0.269 e. The fraction of sp³-hybridized carbons (Fsp3) is 0.238. The van der Waals surface area contributed by atoms with E-state index in [1.54, 1.807) is 68.6 Å². The Kier molecular flexibility index (Phi) is 6.63. The first kappa shape index (κ1) is 21.3. The minimum absolute atomic E-state index is 0.161. The molecule has 1 saturated heterocycles. The van der Waals surface area contributed by atoms with Gasteiger partial charge in [-0.3, -0.25) is 24.7 Å². The van der Waals surface area contributed by atoms with Crippen LogP contribution in [0.2, 0.25) is 0 Å². The predicted octanol–water partition coefficient (Wildman–Crippen LogP) is 2.19. The second-order valence-electron chi connectivity index (χ2n) is 6.54. The zero-order valence-corrected chi connectivity index (χ0v) is 17.4. The number of hydrogen-bond donors (Lipinski definition) is 2. The lowest BCUT2D eigenvalue weighted by atomic mass is 10.1. The van der Waals surface area contributed by atoms with E-state index >= 15 is 0 Å². The Morgan fingerprint density at radius 2 is 1.77 bits per heavy atom. The molecule has 0 saturated carbocycles. The molecular formula is C21H22N4O4S. The molecule has 0 aromatic heterocycles. The number of thiocarbonyl (C=S) groups is 1. The van der Waals surface area contributed by atoms with Crippen molar-refractivity contribution in [2.45, 2.75) is 19.4 Å². The van der Waals surface area contributed by atoms with E-state index in [4.69, 9.17) is 17.0 Å². The van der Waals surface area contributed by atoms with Crippen LogP contribution in [0.4, 0.5) is 5.69 Å². The van der Waals surface area contributed by atoms with Gasteiger partial charge in [-0.2, -0.15) is 0 Å². The summed E-state index contributed by atoms with van der Waals surface area (Å²) in [5.41, 5.74) is 3.66. The van der Waals surface area contributed by atoms with Gasteiger partial charge in [0.1, 0.15) is 11.8 Å². The van der Waals surface area contributed by atoms with Crippen LogP contribution in [0.25, 0.3) is 0 Å². The first-order valence-corrected chi connectivity index (χ1v) is 9.80. The van der Waals surface area contributed by atoms with Gasteiger partial charge in [0.15, 0.2) is 5.11 Å². The maximum absolute atomic E-state index is 12.8. The summed E-state index contributed by atoms with van der Waals surface area (Å²) in [4.78, 5) is 39.3. The van der Waals surface area contributed by atoms with Gasteiger partial charge >= 0.3 is 0 Å². The van der Waals surface area contributed by atoms with Crippen LogP contribution < -0.4 is 15.5 Å². The van der Waals surface area contributed by atoms with Gasteiger partial charge in [-0.05, 0) is 55.5 Å². The Balaban J connectivity index is 1.73. The molecule has 1 aliphatic heterocycles. The zero-order chi connectivity index (χ0) is 21.7. The van der Waals surface area contributed by atoms with Crippen LogP contribution in [0.3, 0.4) is 0 Å². The summed E-state index contributed by atoms with van der Waals surface area (Å²) in [7, 11) is 1.56. The van der Waals surface area contributed by atoms with Crippen molar-refractivity contribution in [3.8, 4) is 5.75 Å². The Bertz CT molecular complexity index is 949. The van der Waals surface area contributed by atoms with E-state index in [-0.39, 0.29) is 23.3 Å². The lowest BCUT2D eigenvalue weighted by Crippen LogP contribution is -2.49. The van der Waals surface area contributed by atoms with Gasteiger partial charge in [-0.25, -0.2) is 5.01 Å². The molecule has 0 spiro atoms. The third-order valence-corrected chi connectivity index (χ3v) is 5.04. The lowest BCUT2D eigenvalue weighted by molar-refractivity contribution is -0.130. The molecule has 2 aromatic rings. The number of ether oxygens (including phenoxy) is 1. The number of likely N-dealkylation sites (N-methyl/N-ethyl adjacent to an activating group) is 1. The van der Waals surface area contributed by atoms with E-state index in [1.165, 1.54) is 9.91 Å². The highest BCUT2D eigenvalue weighted by Crippen LogP contribution is 2.21. The van der Waals surface area contributed by atoms with Crippen molar-refractivity contribution < 1.29 is 19.1 Å². The molecule has 3 rings (SSSR count). The molecule has 8 nitrogen and oxygen atoms in total. The van der Waals surface area contributed by atoms with Gasteiger partial charge in [0, 0.05) is 17.8 Å². The Hall–Kier alpha value is -3.46.